The Morgan fingerprint density at radius 3 is 2.80 bits per heavy atom. The van der Waals surface area contributed by atoms with Crippen molar-refractivity contribution in [1.29, 1.82) is 0 Å². The molecule has 3 N–H and O–H groups in total. The second-order valence-electron chi connectivity index (χ2n) is 5.58. The molecule has 1 fully saturated rings. The fourth-order valence-corrected chi connectivity index (χ4v) is 2.77. The van der Waals surface area contributed by atoms with Crippen molar-refractivity contribution in [3.05, 3.63) is 24.0 Å². The molecule has 20 heavy (non-hydrogen) atoms. The van der Waals surface area contributed by atoms with Gasteiger partial charge in [0.2, 0.25) is 0 Å². The third kappa shape index (κ3) is 3.48. The van der Waals surface area contributed by atoms with Crippen molar-refractivity contribution in [2.45, 2.75) is 32.1 Å². The smallest absolute Gasteiger partial charge is 0.269 e. The van der Waals surface area contributed by atoms with E-state index in [2.05, 4.69) is 15.6 Å². The van der Waals surface area contributed by atoms with Crippen LogP contribution < -0.4 is 10.6 Å². The van der Waals surface area contributed by atoms with Crippen LogP contribution in [0.2, 0.25) is 0 Å². The van der Waals surface area contributed by atoms with Crippen molar-refractivity contribution >= 4 is 11.6 Å². The predicted octanol–water partition coefficient (Wildman–Crippen LogP) is 1.80. The number of hydrogen-bond acceptors (Lipinski definition) is 4. The highest BCUT2D eigenvalue weighted by atomic mass is 16.3. The maximum atomic E-state index is 11.5. The highest BCUT2D eigenvalue weighted by Gasteiger charge is 2.31. The average molecular weight is 277 g/mol. The van der Waals surface area contributed by atoms with Crippen LogP contribution in [0.25, 0.3) is 0 Å². The highest BCUT2D eigenvalue weighted by Crippen LogP contribution is 2.35. The lowest BCUT2D eigenvalue weighted by Crippen LogP contribution is -2.35. The minimum Gasteiger partial charge on any atom is -0.396 e. The maximum absolute atomic E-state index is 11.5. The summed E-state index contributed by atoms with van der Waals surface area (Å²) in [4.78, 5) is 15.6. The van der Waals surface area contributed by atoms with Gasteiger partial charge >= 0.3 is 0 Å². The van der Waals surface area contributed by atoms with Crippen LogP contribution >= 0.6 is 0 Å². The number of carbonyl (C=O) groups excluding carboxylic acids is 1. The number of rotatable bonds is 5. The lowest BCUT2D eigenvalue weighted by molar-refractivity contribution is 0.0942. The SMILES string of the molecule is CNC(=O)c1cc(NCC2(CO)CCCCC2)ccn1. The van der Waals surface area contributed by atoms with Crippen molar-refractivity contribution in [3.63, 3.8) is 0 Å². The summed E-state index contributed by atoms with van der Waals surface area (Å²) in [6.45, 7) is 0.952. The number of amides is 1. The summed E-state index contributed by atoms with van der Waals surface area (Å²) in [5.74, 6) is -0.191. The van der Waals surface area contributed by atoms with Crippen LogP contribution in [0.15, 0.2) is 18.3 Å². The van der Waals surface area contributed by atoms with Gasteiger partial charge in [-0.05, 0) is 25.0 Å². The van der Waals surface area contributed by atoms with Gasteiger partial charge < -0.3 is 15.7 Å². The van der Waals surface area contributed by atoms with Crippen LogP contribution in [-0.4, -0.2) is 36.2 Å². The van der Waals surface area contributed by atoms with E-state index in [-0.39, 0.29) is 17.9 Å². The maximum Gasteiger partial charge on any atom is 0.269 e. The summed E-state index contributed by atoms with van der Waals surface area (Å²) < 4.78 is 0. The first-order valence-electron chi connectivity index (χ1n) is 7.22. The molecule has 0 atom stereocenters. The monoisotopic (exact) mass is 277 g/mol. The summed E-state index contributed by atoms with van der Waals surface area (Å²) in [6.07, 6.45) is 7.37. The van der Waals surface area contributed by atoms with Crippen molar-refractivity contribution in [2.75, 3.05) is 25.5 Å². The molecular formula is C15H23N3O2. The van der Waals surface area contributed by atoms with Gasteiger partial charge in [0.05, 0.1) is 6.61 Å². The number of anilines is 1. The molecule has 1 aliphatic rings. The summed E-state index contributed by atoms with van der Waals surface area (Å²) in [5, 5.41) is 15.6. The molecule has 5 nitrogen and oxygen atoms in total. The predicted molar refractivity (Wildman–Crippen MR) is 78.7 cm³/mol. The molecule has 1 aromatic heterocycles. The van der Waals surface area contributed by atoms with Crippen molar-refractivity contribution in [1.82, 2.24) is 10.3 Å². The van der Waals surface area contributed by atoms with E-state index in [1.54, 1.807) is 19.3 Å². The summed E-state index contributed by atoms with van der Waals surface area (Å²) in [7, 11) is 1.59. The number of nitrogens with zero attached hydrogens (tertiary/aromatic N) is 1. The van der Waals surface area contributed by atoms with E-state index in [0.717, 1.165) is 25.1 Å². The zero-order valence-electron chi connectivity index (χ0n) is 12.0. The van der Waals surface area contributed by atoms with Gasteiger partial charge in [0.15, 0.2) is 0 Å². The molecule has 1 aliphatic carbocycles. The highest BCUT2D eigenvalue weighted by molar-refractivity contribution is 5.92. The number of pyridine rings is 1. The molecule has 1 heterocycles. The molecule has 2 rings (SSSR count). The van der Waals surface area contributed by atoms with Crippen LogP contribution in [0.4, 0.5) is 5.69 Å². The normalized spacial score (nSPS) is 17.5. The van der Waals surface area contributed by atoms with Crippen LogP contribution in [0.1, 0.15) is 42.6 Å². The molecule has 0 radical (unpaired) electrons. The van der Waals surface area contributed by atoms with Crippen LogP contribution in [0.3, 0.4) is 0 Å². The van der Waals surface area contributed by atoms with Gasteiger partial charge in [-0.25, -0.2) is 0 Å². The van der Waals surface area contributed by atoms with Gasteiger partial charge in [-0.3, -0.25) is 9.78 Å². The summed E-state index contributed by atoms with van der Waals surface area (Å²) >= 11 is 0. The Morgan fingerprint density at radius 2 is 2.15 bits per heavy atom. The number of carbonyl (C=O) groups is 1. The van der Waals surface area contributed by atoms with E-state index in [0.29, 0.717) is 5.69 Å². The van der Waals surface area contributed by atoms with Crippen molar-refractivity contribution in [3.8, 4) is 0 Å². The van der Waals surface area contributed by atoms with Crippen molar-refractivity contribution < 1.29 is 9.90 Å². The Labute approximate surface area is 119 Å². The van der Waals surface area contributed by atoms with Gasteiger partial charge in [-0.1, -0.05) is 19.3 Å². The molecule has 0 unspecified atom stereocenters. The largest absolute Gasteiger partial charge is 0.396 e. The van der Waals surface area contributed by atoms with E-state index < -0.39 is 0 Å². The molecule has 0 bridgehead atoms. The Morgan fingerprint density at radius 1 is 1.40 bits per heavy atom. The Kier molecular flexibility index (Phi) is 4.95. The first-order chi connectivity index (χ1) is 9.69. The molecule has 1 aromatic rings. The van der Waals surface area contributed by atoms with E-state index >= 15 is 0 Å². The van der Waals surface area contributed by atoms with Gasteiger partial charge in [0.25, 0.3) is 5.91 Å². The molecule has 0 saturated heterocycles. The van der Waals surface area contributed by atoms with Crippen LogP contribution in [0, 0.1) is 5.41 Å². The molecular weight excluding hydrogens is 254 g/mol. The molecule has 0 aliphatic heterocycles. The third-order valence-corrected chi connectivity index (χ3v) is 4.14. The number of nitrogens with one attached hydrogen (secondary N) is 2. The van der Waals surface area contributed by atoms with E-state index in [1.807, 2.05) is 6.07 Å². The Balaban J connectivity index is 2.01. The van der Waals surface area contributed by atoms with E-state index in [4.69, 9.17) is 0 Å². The van der Waals surface area contributed by atoms with Gasteiger partial charge in [0, 0.05) is 30.9 Å². The first-order valence-corrected chi connectivity index (χ1v) is 7.22. The molecule has 5 heteroatoms. The fraction of sp³-hybridized carbons (Fsp3) is 0.600. The summed E-state index contributed by atoms with van der Waals surface area (Å²) in [5.41, 5.74) is 1.26. The fourth-order valence-electron chi connectivity index (χ4n) is 2.77. The Bertz CT molecular complexity index is 456. The Hall–Kier alpha value is -1.62. The number of aliphatic hydroxyl groups is 1. The average Bonchev–Trinajstić information content (AvgIpc) is 2.53. The zero-order valence-corrected chi connectivity index (χ0v) is 12.0. The number of aliphatic hydroxyl groups excluding tert-OH is 1. The lowest BCUT2D eigenvalue weighted by atomic mass is 9.74. The molecule has 110 valence electrons. The second-order valence-corrected chi connectivity index (χ2v) is 5.58. The number of aromatic nitrogens is 1. The molecule has 0 aromatic carbocycles. The molecule has 1 amide bonds. The van der Waals surface area contributed by atoms with Crippen LogP contribution in [-0.2, 0) is 0 Å². The zero-order chi connectivity index (χ0) is 14.4. The quantitative estimate of drug-likeness (QED) is 0.767. The van der Waals surface area contributed by atoms with Gasteiger partial charge in [0.1, 0.15) is 5.69 Å². The van der Waals surface area contributed by atoms with E-state index in [9.17, 15) is 9.90 Å². The lowest BCUT2D eigenvalue weighted by Gasteiger charge is -2.36. The summed E-state index contributed by atoms with van der Waals surface area (Å²) in [6, 6.07) is 3.59. The third-order valence-electron chi connectivity index (χ3n) is 4.14. The minimum atomic E-state index is -0.191. The minimum absolute atomic E-state index is 0.0191. The number of hydrogen-bond donors (Lipinski definition) is 3. The van der Waals surface area contributed by atoms with Gasteiger partial charge in [-0.15, -0.1) is 0 Å². The molecule has 1 saturated carbocycles. The second kappa shape index (κ2) is 6.70. The van der Waals surface area contributed by atoms with Crippen LogP contribution in [0.5, 0.6) is 0 Å². The standard InChI is InChI=1S/C15H23N3O2/c1-16-14(20)13-9-12(5-8-17-13)18-10-15(11-19)6-3-2-4-7-15/h5,8-9,19H,2-4,6-7,10-11H2,1H3,(H,16,20)(H,17,18). The van der Waals surface area contributed by atoms with E-state index in [1.165, 1.54) is 19.3 Å². The van der Waals surface area contributed by atoms with Gasteiger partial charge in [-0.2, -0.15) is 0 Å². The van der Waals surface area contributed by atoms with Crippen molar-refractivity contribution in [2.24, 2.45) is 5.41 Å². The first kappa shape index (κ1) is 14.8. The molecule has 0 spiro atoms. The topological polar surface area (TPSA) is 74.2 Å².